The molecule has 23 heavy (non-hydrogen) atoms. The van der Waals surface area contributed by atoms with E-state index in [1.807, 2.05) is 0 Å². The predicted molar refractivity (Wildman–Crippen MR) is 82.2 cm³/mol. The van der Waals surface area contributed by atoms with Crippen molar-refractivity contribution in [2.45, 2.75) is 46.1 Å². The number of carboxylic acids is 1. The van der Waals surface area contributed by atoms with Gasteiger partial charge in [-0.2, -0.15) is 5.10 Å². The summed E-state index contributed by atoms with van der Waals surface area (Å²) in [5.74, 6) is -1.10. The first-order valence-electron chi connectivity index (χ1n) is 7.16. The summed E-state index contributed by atoms with van der Waals surface area (Å²) < 4.78 is 6.38. The Balaban J connectivity index is 2.16. The smallest absolute Gasteiger partial charge is 0.331 e. The molecule has 0 spiro atoms. The van der Waals surface area contributed by atoms with E-state index in [2.05, 4.69) is 15.6 Å². The topological polar surface area (TPSA) is 110 Å². The van der Waals surface area contributed by atoms with Crippen LogP contribution in [0.1, 0.15) is 43.7 Å². The Hall–Kier alpha value is -2.64. The van der Waals surface area contributed by atoms with E-state index in [-0.39, 0.29) is 5.91 Å². The van der Waals surface area contributed by atoms with Gasteiger partial charge in [-0.1, -0.05) is 5.16 Å². The maximum Gasteiger partial charge on any atom is 0.331 e. The van der Waals surface area contributed by atoms with E-state index < -0.39 is 17.4 Å². The Morgan fingerprint density at radius 2 is 2.04 bits per heavy atom. The van der Waals surface area contributed by atoms with Gasteiger partial charge in [0.25, 0.3) is 0 Å². The van der Waals surface area contributed by atoms with Crippen molar-refractivity contribution >= 4 is 17.6 Å². The van der Waals surface area contributed by atoms with E-state index in [9.17, 15) is 14.7 Å². The minimum atomic E-state index is -1.20. The fraction of sp³-hybridized carbons (Fsp3) is 0.467. The molecular weight excluding hydrogens is 300 g/mol. The van der Waals surface area contributed by atoms with Crippen LogP contribution in [0, 0.1) is 13.8 Å². The van der Waals surface area contributed by atoms with Crippen LogP contribution in [-0.4, -0.2) is 31.9 Å². The standard InChI is InChI=1S/C15H20N4O4/c1-8(12-9(2)18-23-10(12)3)13(20)17-11-6-16-19(7-11)15(4,5)14(21)22/h6-8H,1-5H3,(H,17,20)(H,21,22). The molecule has 8 nitrogen and oxygen atoms in total. The summed E-state index contributed by atoms with van der Waals surface area (Å²) in [6.07, 6.45) is 2.91. The molecule has 0 saturated carbocycles. The Bertz CT molecular complexity index is 725. The number of carboxylic acid groups (broad SMARTS) is 1. The molecule has 2 aromatic rings. The van der Waals surface area contributed by atoms with E-state index in [0.29, 0.717) is 17.1 Å². The molecule has 2 aromatic heterocycles. The Morgan fingerprint density at radius 3 is 2.57 bits per heavy atom. The molecule has 0 bridgehead atoms. The lowest BCUT2D eigenvalue weighted by atomic mass is 9.99. The molecule has 1 atom stereocenters. The number of anilines is 1. The van der Waals surface area contributed by atoms with Gasteiger partial charge in [0.1, 0.15) is 5.76 Å². The van der Waals surface area contributed by atoms with Crippen molar-refractivity contribution in [3.63, 3.8) is 0 Å². The molecule has 0 saturated heterocycles. The van der Waals surface area contributed by atoms with Crippen molar-refractivity contribution in [1.82, 2.24) is 14.9 Å². The normalized spacial score (nSPS) is 12.9. The Morgan fingerprint density at radius 1 is 1.39 bits per heavy atom. The van der Waals surface area contributed by atoms with Gasteiger partial charge < -0.3 is 14.9 Å². The Labute approximate surface area is 133 Å². The number of aryl methyl sites for hydroxylation is 2. The summed E-state index contributed by atoms with van der Waals surface area (Å²) >= 11 is 0. The lowest BCUT2D eigenvalue weighted by Crippen LogP contribution is -2.35. The second-order valence-electron chi connectivity index (χ2n) is 5.99. The fourth-order valence-electron chi connectivity index (χ4n) is 2.28. The molecule has 124 valence electrons. The van der Waals surface area contributed by atoms with Crippen molar-refractivity contribution in [3.05, 3.63) is 29.4 Å². The number of aromatic nitrogens is 3. The largest absolute Gasteiger partial charge is 0.479 e. The van der Waals surface area contributed by atoms with Gasteiger partial charge in [-0.15, -0.1) is 0 Å². The van der Waals surface area contributed by atoms with Crippen molar-refractivity contribution in [2.24, 2.45) is 0 Å². The number of aliphatic carboxylic acids is 1. The number of carbonyl (C=O) groups excluding carboxylic acids is 1. The first-order chi connectivity index (χ1) is 10.6. The maximum absolute atomic E-state index is 12.4. The molecule has 0 radical (unpaired) electrons. The van der Waals surface area contributed by atoms with Crippen LogP contribution >= 0.6 is 0 Å². The van der Waals surface area contributed by atoms with E-state index in [0.717, 1.165) is 5.56 Å². The van der Waals surface area contributed by atoms with Gasteiger partial charge >= 0.3 is 5.97 Å². The van der Waals surface area contributed by atoms with Gasteiger partial charge in [0.2, 0.25) is 5.91 Å². The van der Waals surface area contributed by atoms with Crippen molar-refractivity contribution in [1.29, 1.82) is 0 Å². The van der Waals surface area contributed by atoms with Crippen LogP contribution < -0.4 is 5.32 Å². The molecule has 0 fully saturated rings. The molecule has 2 heterocycles. The summed E-state index contributed by atoms with van der Waals surface area (Å²) in [4.78, 5) is 23.6. The van der Waals surface area contributed by atoms with Crippen LogP contribution in [0.15, 0.2) is 16.9 Å². The molecule has 0 aliphatic rings. The number of nitrogens with zero attached hydrogens (tertiary/aromatic N) is 3. The molecule has 1 unspecified atom stereocenters. The van der Waals surface area contributed by atoms with Crippen molar-refractivity contribution < 1.29 is 19.2 Å². The van der Waals surface area contributed by atoms with Crippen LogP contribution in [0.4, 0.5) is 5.69 Å². The molecule has 0 aromatic carbocycles. The molecule has 8 heteroatoms. The number of nitrogens with one attached hydrogen (secondary N) is 1. The average molecular weight is 320 g/mol. The van der Waals surface area contributed by atoms with Crippen LogP contribution in [-0.2, 0) is 15.1 Å². The first-order valence-corrected chi connectivity index (χ1v) is 7.16. The number of hydrogen-bond acceptors (Lipinski definition) is 5. The summed E-state index contributed by atoms with van der Waals surface area (Å²) in [6, 6.07) is 0. The summed E-state index contributed by atoms with van der Waals surface area (Å²) in [7, 11) is 0. The quantitative estimate of drug-likeness (QED) is 0.872. The van der Waals surface area contributed by atoms with E-state index in [1.165, 1.54) is 30.9 Å². The van der Waals surface area contributed by atoms with Crippen LogP contribution in [0.5, 0.6) is 0 Å². The summed E-state index contributed by atoms with van der Waals surface area (Å²) in [5, 5.41) is 19.8. The van der Waals surface area contributed by atoms with E-state index in [4.69, 9.17) is 4.52 Å². The number of carbonyl (C=O) groups is 2. The Kier molecular flexibility index (Phi) is 4.26. The SMILES string of the molecule is Cc1noc(C)c1C(C)C(=O)Nc1cnn(C(C)(C)C(=O)O)c1. The maximum atomic E-state index is 12.4. The van der Waals surface area contributed by atoms with Crippen molar-refractivity contribution in [3.8, 4) is 0 Å². The molecular formula is C15H20N4O4. The van der Waals surface area contributed by atoms with E-state index >= 15 is 0 Å². The molecule has 0 aliphatic heterocycles. The second-order valence-corrected chi connectivity index (χ2v) is 5.99. The third-order valence-corrected chi connectivity index (χ3v) is 3.86. The third kappa shape index (κ3) is 3.10. The van der Waals surface area contributed by atoms with Gasteiger partial charge in [-0.3, -0.25) is 9.48 Å². The molecule has 1 amide bonds. The van der Waals surface area contributed by atoms with E-state index in [1.54, 1.807) is 20.8 Å². The highest BCUT2D eigenvalue weighted by atomic mass is 16.5. The highest BCUT2D eigenvalue weighted by Crippen LogP contribution is 2.25. The van der Waals surface area contributed by atoms with Crippen LogP contribution in [0.25, 0.3) is 0 Å². The van der Waals surface area contributed by atoms with Crippen LogP contribution in [0.3, 0.4) is 0 Å². The predicted octanol–water partition coefficient (Wildman–Crippen LogP) is 2.05. The van der Waals surface area contributed by atoms with Crippen LogP contribution in [0.2, 0.25) is 0 Å². The zero-order valence-corrected chi connectivity index (χ0v) is 13.7. The minimum Gasteiger partial charge on any atom is -0.479 e. The highest BCUT2D eigenvalue weighted by molar-refractivity contribution is 5.95. The number of rotatable bonds is 5. The van der Waals surface area contributed by atoms with Gasteiger partial charge in [0, 0.05) is 11.8 Å². The number of hydrogen-bond donors (Lipinski definition) is 2. The molecule has 2 rings (SSSR count). The van der Waals surface area contributed by atoms with Gasteiger partial charge in [0.15, 0.2) is 5.54 Å². The fourth-order valence-corrected chi connectivity index (χ4v) is 2.28. The monoisotopic (exact) mass is 320 g/mol. The highest BCUT2D eigenvalue weighted by Gasteiger charge is 2.30. The number of amides is 1. The zero-order chi connectivity index (χ0) is 17.4. The van der Waals surface area contributed by atoms with Crippen molar-refractivity contribution in [2.75, 3.05) is 5.32 Å². The lowest BCUT2D eigenvalue weighted by molar-refractivity contribution is -0.146. The van der Waals surface area contributed by atoms with Gasteiger partial charge in [-0.25, -0.2) is 4.79 Å². The van der Waals surface area contributed by atoms with Gasteiger partial charge in [0.05, 0.1) is 23.5 Å². The van der Waals surface area contributed by atoms with Gasteiger partial charge in [-0.05, 0) is 34.6 Å². The third-order valence-electron chi connectivity index (χ3n) is 3.86. The summed E-state index contributed by atoms with van der Waals surface area (Å²) in [5.41, 5.74) is 0.660. The molecule has 0 aliphatic carbocycles. The first kappa shape index (κ1) is 16.7. The zero-order valence-electron chi connectivity index (χ0n) is 13.7. The molecule has 2 N–H and O–H groups in total. The average Bonchev–Trinajstić information content (AvgIpc) is 3.05. The second kappa shape index (κ2) is 5.86. The lowest BCUT2D eigenvalue weighted by Gasteiger charge is -2.19. The summed E-state index contributed by atoms with van der Waals surface area (Å²) in [6.45, 7) is 8.35. The minimum absolute atomic E-state index is 0.243.